The van der Waals surface area contributed by atoms with Crippen molar-refractivity contribution in [2.75, 3.05) is 47.5 Å². The molecule has 2 atom stereocenters. The Balaban J connectivity index is 4.26. The molecular weight excluding hydrogens is 750 g/mol. The largest absolute Gasteiger partial charge is 0.472 e. The third-order valence-electron chi connectivity index (χ3n) is 10.8. The molecule has 0 bridgehead atoms. The lowest BCUT2D eigenvalue weighted by Gasteiger charge is -2.24. The van der Waals surface area contributed by atoms with Crippen LogP contribution in [0.1, 0.15) is 232 Å². The molecule has 0 amide bonds. The summed E-state index contributed by atoms with van der Waals surface area (Å²) in [4.78, 5) is 35.5. The second-order valence-corrected chi connectivity index (χ2v) is 19.3. The van der Waals surface area contributed by atoms with E-state index in [9.17, 15) is 19.0 Å². The maximum Gasteiger partial charge on any atom is 0.472 e. The zero-order valence-corrected chi connectivity index (χ0v) is 39.7. The maximum absolute atomic E-state index is 12.7. The summed E-state index contributed by atoms with van der Waals surface area (Å²) in [5.41, 5.74) is 0. The van der Waals surface area contributed by atoms with Crippen LogP contribution in [-0.2, 0) is 32.7 Å². The Labute approximate surface area is 358 Å². The number of allylic oxidation sites excluding steroid dienone is 2. The van der Waals surface area contributed by atoms with Crippen LogP contribution in [-0.4, -0.2) is 74.9 Å². The molecule has 344 valence electrons. The first-order chi connectivity index (χ1) is 28.0. The number of phosphoric ester groups is 1. The summed E-state index contributed by atoms with van der Waals surface area (Å²) >= 11 is 0. The minimum Gasteiger partial charge on any atom is -0.462 e. The van der Waals surface area contributed by atoms with E-state index in [2.05, 4.69) is 26.0 Å². The highest BCUT2D eigenvalue weighted by Crippen LogP contribution is 2.43. The second-order valence-electron chi connectivity index (χ2n) is 17.9. The van der Waals surface area contributed by atoms with Crippen LogP contribution in [0.15, 0.2) is 12.2 Å². The highest BCUT2D eigenvalue weighted by Gasteiger charge is 2.27. The Morgan fingerprint density at radius 1 is 0.517 bits per heavy atom. The van der Waals surface area contributed by atoms with E-state index < -0.39 is 26.5 Å². The number of rotatable bonds is 45. The smallest absolute Gasteiger partial charge is 0.462 e. The lowest BCUT2D eigenvalue weighted by molar-refractivity contribution is -0.870. The predicted octanol–water partition coefficient (Wildman–Crippen LogP) is 14.1. The Bertz CT molecular complexity index is 1000. The third-order valence-corrected chi connectivity index (χ3v) is 11.8. The normalized spacial score (nSPS) is 13.6. The van der Waals surface area contributed by atoms with Crippen LogP contribution in [0.2, 0.25) is 0 Å². The first-order valence-corrected chi connectivity index (χ1v) is 25.9. The van der Waals surface area contributed by atoms with Gasteiger partial charge in [-0.25, -0.2) is 4.57 Å². The number of hydrogen-bond donors (Lipinski definition) is 1. The molecule has 1 unspecified atom stereocenters. The van der Waals surface area contributed by atoms with Crippen LogP contribution in [0.5, 0.6) is 0 Å². The molecule has 0 saturated heterocycles. The van der Waals surface area contributed by atoms with Crippen molar-refractivity contribution in [3.05, 3.63) is 12.2 Å². The van der Waals surface area contributed by atoms with Crippen molar-refractivity contribution < 1.29 is 42.1 Å². The van der Waals surface area contributed by atoms with Gasteiger partial charge in [-0.15, -0.1) is 0 Å². The third kappa shape index (κ3) is 44.3. The van der Waals surface area contributed by atoms with E-state index in [-0.39, 0.29) is 25.6 Å². The van der Waals surface area contributed by atoms with Gasteiger partial charge in [-0.05, 0) is 38.5 Å². The van der Waals surface area contributed by atoms with Gasteiger partial charge in [-0.2, -0.15) is 0 Å². The fourth-order valence-electron chi connectivity index (χ4n) is 6.95. The number of unbranched alkanes of at least 4 members (excludes halogenated alkanes) is 29. The van der Waals surface area contributed by atoms with Gasteiger partial charge in [0.25, 0.3) is 0 Å². The molecule has 1 N–H and O–H groups in total. The SMILES string of the molecule is CCCCCCCC/C=C\CCCCCCCCCCCC(=O)O[C@H](COC(=O)CCCCCCCCCCCCCCCCC)COP(=O)(O)OCC[N+](C)(C)C. The van der Waals surface area contributed by atoms with E-state index in [1.54, 1.807) is 0 Å². The van der Waals surface area contributed by atoms with E-state index >= 15 is 0 Å². The number of phosphoric acid groups is 1. The predicted molar refractivity (Wildman–Crippen MR) is 243 cm³/mol. The van der Waals surface area contributed by atoms with Gasteiger partial charge in [0.2, 0.25) is 0 Å². The first-order valence-electron chi connectivity index (χ1n) is 24.4. The van der Waals surface area contributed by atoms with Crippen LogP contribution < -0.4 is 0 Å². The standard InChI is InChI=1S/C48H94NO8P/c1-6-8-10-12-14-16-18-20-22-23-24-25-27-29-31-33-35-37-39-41-48(51)57-46(45-56-58(52,53)55-43-42-49(3,4)5)44-54-47(50)40-38-36-34-32-30-28-26-21-19-17-15-13-11-9-7-2/h20,22,46H,6-19,21,23-45H2,1-5H3/p+1/b22-20-/t46-/m1/s1. The molecule has 0 radical (unpaired) electrons. The molecule has 0 aliphatic carbocycles. The summed E-state index contributed by atoms with van der Waals surface area (Å²) < 4.78 is 34.4. The number of carbonyl (C=O) groups excluding carboxylic acids is 2. The highest BCUT2D eigenvalue weighted by atomic mass is 31.2. The molecule has 0 saturated carbocycles. The lowest BCUT2D eigenvalue weighted by Crippen LogP contribution is -2.37. The molecule has 0 aliphatic heterocycles. The molecule has 9 nitrogen and oxygen atoms in total. The molecule has 0 fully saturated rings. The molecule has 0 aromatic heterocycles. The number of esters is 2. The van der Waals surface area contributed by atoms with E-state index in [1.165, 1.54) is 167 Å². The van der Waals surface area contributed by atoms with Crippen molar-refractivity contribution >= 4 is 19.8 Å². The van der Waals surface area contributed by atoms with Crippen LogP contribution in [0, 0.1) is 0 Å². The average Bonchev–Trinajstić information content (AvgIpc) is 3.17. The number of likely N-dealkylation sites (N-methyl/N-ethyl adjacent to an activating group) is 1. The molecule has 10 heteroatoms. The summed E-state index contributed by atoms with van der Waals surface area (Å²) in [5.74, 6) is -0.787. The Morgan fingerprint density at radius 2 is 0.879 bits per heavy atom. The highest BCUT2D eigenvalue weighted by molar-refractivity contribution is 7.47. The van der Waals surface area contributed by atoms with Crippen molar-refractivity contribution in [2.45, 2.75) is 238 Å². The van der Waals surface area contributed by atoms with Crippen molar-refractivity contribution in [3.8, 4) is 0 Å². The van der Waals surface area contributed by atoms with Crippen LogP contribution >= 0.6 is 7.82 Å². The van der Waals surface area contributed by atoms with Gasteiger partial charge >= 0.3 is 19.8 Å². The van der Waals surface area contributed by atoms with E-state index in [4.69, 9.17) is 18.5 Å². The van der Waals surface area contributed by atoms with Crippen molar-refractivity contribution in [2.24, 2.45) is 0 Å². The van der Waals surface area contributed by atoms with Gasteiger partial charge < -0.3 is 18.9 Å². The Hall–Kier alpha value is -1.25. The van der Waals surface area contributed by atoms with Gasteiger partial charge in [-0.1, -0.05) is 193 Å². The molecule has 0 aromatic carbocycles. The average molecular weight is 845 g/mol. The fourth-order valence-corrected chi connectivity index (χ4v) is 7.69. The number of carbonyl (C=O) groups is 2. The minimum atomic E-state index is -4.37. The molecule has 58 heavy (non-hydrogen) atoms. The summed E-state index contributed by atoms with van der Waals surface area (Å²) in [7, 11) is 1.49. The molecule has 0 aromatic rings. The van der Waals surface area contributed by atoms with Crippen LogP contribution in [0.25, 0.3) is 0 Å². The van der Waals surface area contributed by atoms with Gasteiger partial charge in [0.1, 0.15) is 19.8 Å². The summed E-state index contributed by atoms with van der Waals surface area (Å²) in [6.45, 7) is 4.46. The number of ether oxygens (including phenoxy) is 2. The summed E-state index contributed by atoms with van der Waals surface area (Å²) in [6, 6.07) is 0. The van der Waals surface area contributed by atoms with Gasteiger partial charge in [-0.3, -0.25) is 18.6 Å². The van der Waals surface area contributed by atoms with E-state index in [0.29, 0.717) is 23.9 Å². The van der Waals surface area contributed by atoms with Crippen LogP contribution in [0.3, 0.4) is 0 Å². The van der Waals surface area contributed by atoms with Crippen molar-refractivity contribution in [1.82, 2.24) is 0 Å². The minimum absolute atomic E-state index is 0.0347. The fraction of sp³-hybridized carbons (Fsp3) is 0.917. The Kier molecular flexibility index (Phi) is 40.2. The summed E-state index contributed by atoms with van der Waals surface area (Å²) in [5, 5.41) is 0. The lowest BCUT2D eigenvalue weighted by atomic mass is 10.0. The monoisotopic (exact) mass is 845 g/mol. The van der Waals surface area contributed by atoms with Gasteiger partial charge in [0, 0.05) is 12.8 Å². The first kappa shape index (κ1) is 56.8. The van der Waals surface area contributed by atoms with Gasteiger partial charge in [0.15, 0.2) is 6.10 Å². The number of hydrogen-bond acceptors (Lipinski definition) is 7. The molecule has 0 rings (SSSR count). The zero-order valence-electron chi connectivity index (χ0n) is 38.8. The van der Waals surface area contributed by atoms with Crippen molar-refractivity contribution in [3.63, 3.8) is 0 Å². The maximum atomic E-state index is 12.7. The molecule has 0 heterocycles. The second kappa shape index (κ2) is 41.1. The van der Waals surface area contributed by atoms with Crippen molar-refractivity contribution in [1.29, 1.82) is 0 Å². The molecule has 0 spiro atoms. The topological polar surface area (TPSA) is 108 Å². The molecule has 0 aliphatic rings. The van der Waals surface area contributed by atoms with Crippen LogP contribution in [0.4, 0.5) is 0 Å². The van der Waals surface area contributed by atoms with E-state index in [0.717, 1.165) is 32.1 Å². The molecular formula is C48H95NO8P+. The van der Waals surface area contributed by atoms with Gasteiger partial charge in [0.05, 0.1) is 27.7 Å². The quantitative estimate of drug-likeness (QED) is 0.0212. The summed E-state index contributed by atoms with van der Waals surface area (Å²) in [6.07, 6.45) is 43.9. The number of nitrogens with zero attached hydrogens (tertiary/aromatic N) is 1. The zero-order chi connectivity index (χ0) is 42.8. The number of quaternary nitrogens is 1. The van der Waals surface area contributed by atoms with E-state index in [1.807, 2.05) is 21.1 Å². The Morgan fingerprint density at radius 3 is 1.28 bits per heavy atom.